The van der Waals surface area contributed by atoms with Gasteiger partial charge in [-0.2, -0.15) is 5.10 Å². The number of hydrogen-bond acceptors (Lipinski definition) is 4. The number of carbonyl (C=O) groups excluding carboxylic acids is 1. The van der Waals surface area contributed by atoms with Gasteiger partial charge in [-0.1, -0.05) is 0 Å². The van der Waals surface area contributed by atoms with Gasteiger partial charge in [-0.15, -0.1) is 0 Å². The van der Waals surface area contributed by atoms with Gasteiger partial charge in [0.1, 0.15) is 0 Å². The zero-order valence-corrected chi connectivity index (χ0v) is 11.1. The Morgan fingerprint density at radius 2 is 2.11 bits per heavy atom. The largest absolute Gasteiger partial charge is 0.348 e. The Kier molecular flexibility index (Phi) is 3.28. The maximum atomic E-state index is 12.1. The van der Waals surface area contributed by atoms with Crippen molar-refractivity contribution in [1.29, 1.82) is 0 Å². The fourth-order valence-electron chi connectivity index (χ4n) is 2.82. The summed E-state index contributed by atoms with van der Waals surface area (Å²) in [5.74, 6) is 0.255. The van der Waals surface area contributed by atoms with Crippen molar-refractivity contribution in [3.05, 3.63) is 11.8 Å². The molecule has 2 N–H and O–H groups in total. The maximum Gasteiger partial charge on any atom is 0.228 e. The molecule has 1 spiro atoms. The van der Waals surface area contributed by atoms with Gasteiger partial charge < -0.3 is 14.8 Å². The number of anilines is 1. The van der Waals surface area contributed by atoms with E-state index in [-0.39, 0.29) is 11.8 Å². The summed E-state index contributed by atoms with van der Waals surface area (Å²) >= 11 is 0. The average molecular weight is 265 g/mol. The van der Waals surface area contributed by atoms with Crippen LogP contribution in [0.1, 0.15) is 31.4 Å². The van der Waals surface area contributed by atoms with E-state index in [1.165, 1.54) is 0 Å². The number of amides is 1. The highest BCUT2D eigenvalue weighted by molar-refractivity contribution is 5.91. The highest BCUT2D eigenvalue weighted by atomic mass is 16.7. The van der Waals surface area contributed by atoms with E-state index < -0.39 is 5.79 Å². The van der Waals surface area contributed by atoms with Crippen LogP contribution in [0.15, 0.2) is 6.07 Å². The molecule has 104 valence electrons. The monoisotopic (exact) mass is 265 g/mol. The van der Waals surface area contributed by atoms with Crippen LogP contribution < -0.4 is 5.32 Å². The molecular weight excluding hydrogens is 246 g/mol. The van der Waals surface area contributed by atoms with Gasteiger partial charge in [-0.25, -0.2) is 0 Å². The summed E-state index contributed by atoms with van der Waals surface area (Å²) in [6.45, 7) is 3.24. The van der Waals surface area contributed by atoms with Gasteiger partial charge in [0.15, 0.2) is 11.6 Å². The number of ether oxygens (including phenoxy) is 2. The van der Waals surface area contributed by atoms with Crippen molar-refractivity contribution >= 4 is 11.7 Å². The molecule has 0 unspecified atom stereocenters. The minimum Gasteiger partial charge on any atom is -0.348 e. The van der Waals surface area contributed by atoms with E-state index in [0.29, 0.717) is 19.0 Å². The fraction of sp³-hybridized carbons (Fsp3) is 0.692. The Labute approximate surface area is 111 Å². The molecule has 1 aromatic heterocycles. The highest BCUT2D eigenvalue weighted by Crippen LogP contribution is 2.38. The summed E-state index contributed by atoms with van der Waals surface area (Å²) in [4.78, 5) is 12.1. The molecule has 1 amide bonds. The number of aromatic amines is 1. The molecule has 2 fully saturated rings. The number of carbonyl (C=O) groups is 1. The fourth-order valence-corrected chi connectivity index (χ4v) is 2.82. The number of aryl methyl sites for hydroxylation is 1. The smallest absolute Gasteiger partial charge is 0.228 e. The number of aromatic nitrogens is 2. The summed E-state index contributed by atoms with van der Waals surface area (Å²) in [7, 11) is 0. The van der Waals surface area contributed by atoms with Gasteiger partial charge in [0, 0.05) is 30.5 Å². The normalized spacial score (nSPS) is 22.8. The maximum absolute atomic E-state index is 12.1. The molecule has 1 aliphatic heterocycles. The average Bonchev–Trinajstić information content (AvgIpc) is 3.00. The predicted molar refractivity (Wildman–Crippen MR) is 68.5 cm³/mol. The van der Waals surface area contributed by atoms with Crippen LogP contribution in [-0.4, -0.2) is 35.1 Å². The Balaban J connectivity index is 1.54. The second kappa shape index (κ2) is 4.94. The van der Waals surface area contributed by atoms with Crippen LogP contribution in [0.25, 0.3) is 0 Å². The van der Waals surface area contributed by atoms with Crippen molar-refractivity contribution in [3.8, 4) is 0 Å². The summed E-state index contributed by atoms with van der Waals surface area (Å²) in [5.41, 5.74) is 0.936. The van der Waals surface area contributed by atoms with Gasteiger partial charge in [0.2, 0.25) is 5.91 Å². The molecule has 1 saturated heterocycles. The summed E-state index contributed by atoms with van der Waals surface area (Å²) in [5, 5.41) is 9.68. The summed E-state index contributed by atoms with van der Waals surface area (Å²) < 4.78 is 11.3. The zero-order chi connectivity index (χ0) is 13.3. The van der Waals surface area contributed by atoms with Crippen LogP contribution >= 0.6 is 0 Å². The third-order valence-electron chi connectivity index (χ3n) is 3.89. The topological polar surface area (TPSA) is 76.2 Å². The number of hydrogen-bond donors (Lipinski definition) is 2. The third kappa shape index (κ3) is 2.64. The van der Waals surface area contributed by atoms with Crippen molar-refractivity contribution in [2.45, 2.75) is 38.4 Å². The molecule has 1 aliphatic carbocycles. The van der Waals surface area contributed by atoms with Crippen LogP contribution in [-0.2, 0) is 14.3 Å². The van der Waals surface area contributed by atoms with E-state index in [4.69, 9.17) is 9.47 Å². The van der Waals surface area contributed by atoms with Crippen molar-refractivity contribution < 1.29 is 14.3 Å². The lowest BCUT2D eigenvalue weighted by molar-refractivity contribution is -0.182. The van der Waals surface area contributed by atoms with Crippen molar-refractivity contribution in [2.24, 2.45) is 5.92 Å². The molecule has 19 heavy (non-hydrogen) atoms. The van der Waals surface area contributed by atoms with Crippen LogP contribution in [0, 0.1) is 12.8 Å². The minimum atomic E-state index is -0.403. The van der Waals surface area contributed by atoms with E-state index in [2.05, 4.69) is 15.5 Å². The Morgan fingerprint density at radius 1 is 1.42 bits per heavy atom. The van der Waals surface area contributed by atoms with Crippen LogP contribution in [0.2, 0.25) is 0 Å². The highest BCUT2D eigenvalue weighted by Gasteiger charge is 2.41. The zero-order valence-electron chi connectivity index (χ0n) is 11.1. The minimum absolute atomic E-state index is 0.0235. The van der Waals surface area contributed by atoms with Gasteiger partial charge in [-0.05, 0) is 19.8 Å². The molecule has 6 nitrogen and oxygen atoms in total. The van der Waals surface area contributed by atoms with Gasteiger partial charge >= 0.3 is 0 Å². The predicted octanol–water partition coefficient (Wildman–Crippen LogP) is 1.59. The van der Waals surface area contributed by atoms with E-state index in [1.807, 2.05) is 13.0 Å². The molecule has 0 atom stereocenters. The van der Waals surface area contributed by atoms with Gasteiger partial charge in [0.05, 0.1) is 13.2 Å². The molecule has 0 bridgehead atoms. The van der Waals surface area contributed by atoms with Crippen molar-refractivity contribution in [1.82, 2.24) is 10.2 Å². The van der Waals surface area contributed by atoms with Crippen molar-refractivity contribution in [3.63, 3.8) is 0 Å². The number of nitrogens with zero attached hydrogens (tertiary/aromatic N) is 1. The molecule has 3 rings (SSSR count). The standard InChI is InChI=1S/C13H19N3O3/c1-9-8-11(16-15-9)14-12(17)10-2-4-13(5-3-10)18-6-7-19-13/h8,10H,2-7H2,1H3,(H2,14,15,16,17). The summed E-state index contributed by atoms with van der Waals surface area (Å²) in [6, 6.07) is 1.82. The molecule has 0 radical (unpaired) electrons. The first-order valence-corrected chi connectivity index (χ1v) is 6.78. The Hall–Kier alpha value is -1.40. The molecule has 2 heterocycles. The van der Waals surface area contributed by atoms with Crippen LogP contribution in [0.4, 0.5) is 5.82 Å². The number of nitrogens with one attached hydrogen (secondary N) is 2. The number of rotatable bonds is 2. The van der Waals surface area contributed by atoms with Gasteiger partial charge in [-0.3, -0.25) is 9.89 Å². The second-order valence-electron chi connectivity index (χ2n) is 5.31. The van der Waals surface area contributed by atoms with Crippen LogP contribution in [0.3, 0.4) is 0 Å². The van der Waals surface area contributed by atoms with E-state index in [0.717, 1.165) is 31.4 Å². The lowest BCUT2D eigenvalue weighted by atomic mass is 9.84. The Morgan fingerprint density at radius 3 is 2.68 bits per heavy atom. The molecule has 1 saturated carbocycles. The van der Waals surface area contributed by atoms with Crippen molar-refractivity contribution in [2.75, 3.05) is 18.5 Å². The quantitative estimate of drug-likeness (QED) is 0.851. The first-order valence-electron chi connectivity index (χ1n) is 6.78. The summed E-state index contributed by atoms with van der Waals surface area (Å²) in [6.07, 6.45) is 3.19. The second-order valence-corrected chi connectivity index (χ2v) is 5.31. The molecule has 6 heteroatoms. The van der Waals surface area contributed by atoms with Gasteiger partial charge in [0.25, 0.3) is 0 Å². The molecule has 0 aromatic carbocycles. The lowest BCUT2D eigenvalue weighted by Crippen LogP contribution is -2.38. The first-order chi connectivity index (χ1) is 9.17. The SMILES string of the molecule is Cc1cc(NC(=O)C2CCC3(CC2)OCCO3)n[nH]1. The van der Waals surface area contributed by atoms with E-state index >= 15 is 0 Å². The van der Waals surface area contributed by atoms with Crippen LogP contribution in [0.5, 0.6) is 0 Å². The van der Waals surface area contributed by atoms with E-state index in [9.17, 15) is 4.79 Å². The third-order valence-corrected chi connectivity index (χ3v) is 3.89. The lowest BCUT2D eigenvalue weighted by Gasteiger charge is -2.34. The molecule has 1 aromatic rings. The number of H-pyrrole nitrogens is 1. The first kappa shape index (κ1) is 12.6. The molecular formula is C13H19N3O3. The van der Waals surface area contributed by atoms with E-state index in [1.54, 1.807) is 0 Å². The molecule has 2 aliphatic rings. The Bertz CT molecular complexity index is 455.